The minimum absolute atomic E-state index is 0.00486. The lowest BCUT2D eigenvalue weighted by molar-refractivity contribution is -0.385. The molecule has 0 spiro atoms. The van der Waals surface area contributed by atoms with Gasteiger partial charge in [-0.3, -0.25) is 14.9 Å². The number of nitrogens with zero attached hydrogens (tertiary/aromatic N) is 1. The van der Waals surface area contributed by atoms with E-state index >= 15 is 0 Å². The zero-order valence-corrected chi connectivity index (χ0v) is 10.8. The molecule has 0 radical (unpaired) electrons. The number of hydrogen-bond donors (Lipinski definition) is 2. The van der Waals surface area contributed by atoms with Crippen molar-refractivity contribution in [3.63, 3.8) is 0 Å². The van der Waals surface area contributed by atoms with Crippen LogP contribution in [0, 0.1) is 23.0 Å². The van der Waals surface area contributed by atoms with Gasteiger partial charge in [0.2, 0.25) is 5.91 Å². The molecule has 1 saturated heterocycles. The molecule has 0 bridgehead atoms. The van der Waals surface area contributed by atoms with Crippen LogP contribution >= 0.6 is 0 Å². The Hall–Kier alpha value is -1.95. The maximum absolute atomic E-state index is 12.0. The van der Waals surface area contributed by atoms with Crippen LogP contribution < -0.4 is 10.6 Å². The first-order valence-electron chi connectivity index (χ1n) is 6.34. The number of anilines is 1. The largest absolute Gasteiger partial charge is 0.326 e. The number of aryl methyl sites for hydroxylation is 1. The van der Waals surface area contributed by atoms with E-state index in [0.717, 1.165) is 25.9 Å². The molecule has 102 valence electrons. The molecule has 1 aliphatic heterocycles. The molecule has 1 aliphatic rings. The number of carbonyl (C=O) groups is 1. The van der Waals surface area contributed by atoms with Crippen molar-refractivity contribution >= 4 is 17.3 Å². The van der Waals surface area contributed by atoms with Crippen LogP contribution in [-0.2, 0) is 4.79 Å². The van der Waals surface area contributed by atoms with Crippen LogP contribution in [-0.4, -0.2) is 23.9 Å². The maximum atomic E-state index is 12.0. The Morgan fingerprint density at radius 3 is 2.68 bits per heavy atom. The fraction of sp³-hybridized carbons (Fsp3) is 0.462. The summed E-state index contributed by atoms with van der Waals surface area (Å²) in [5.74, 6) is 0.0199. The monoisotopic (exact) mass is 263 g/mol. The molecule has 1 aromatic rings. The third kappa shape index (κ3) is 3.29. The van der Waals surface area contributed by atoms with Gasteiger partial charge in [-0.1, -0.05) is 0 Å². The average molecular weight is 263 g/mol. The summed E-state index contributed by atoms with van der Waals surface area (Å²) in [4.78, 5) is 22.3. The minimum Gasteiger partial charge on any atom is -0.326 e. The second kappa shape index (κ2) is 5.79. The first-order chi connectivity index (χ1) is 9.08. The highest BCUT2D eigenvalue weighted by molar-refractivity contribution is 5.92. The predicted octanol–water partition coefficient (Wildman–Crippen LogP) is 1.84. The van der Waals surface area contributed by atoms with Crippen LogP contribution in [0.3, 0.4) is 0 Å². The van der Waals surface area contributed by atoms with Gasteiger partial charge in [0.15, 0.2) is 0 Å². The van der Waals surface area contributed by atoms with Crippen molar-refractivity contribution in [2.24, 2.45) is 5.92 Å². The number of benzene rings is 1. The molecule has 0 atom stereocenters. The molecule has 1 fully saturated rings. The first kappa shape index (κ1) is 13.5. The summed E-state index contributed by atoms with van der Waals surface area (Å²) in [5.41, 5.74) is 1.24. The molecule has 1 amide bonds. The Morgan fingerprint density at radius 2 is 2.11 bits per heavy atom. The summed E-state index contributed by atoms with van der Waals surface area (Å²) >= 11 is 0. The standard InChI is InChI=1S/C13H17N3O3/c1-9-8-11(2-3-12(9)16(18)19)15-13(17)10-4-6-14-7-5-10/h2-3,8,10,14H,4-7H2,1H3,(H,15,17). The second-order valence-corrected chi connectivity index (χ2v) is 4.77. The van der Waals surface area contributed by atoms with E-state index in [1.165, 1.54) is 6.07 Å². The molecule has 6 nitrogen and oxygen atoms in total. The number of nitro benzene ring substituents is 1. The Kier molecular flexibility index (Phi) is 4.11. The van der Waals surface area contributed by atoms with E-state index < -0.39 is 4.92 Å². The Bertz CT molecular complexity index is 496. The first-order valence-corrected chi connectivity index (χ1v) is 6.34. The molecule has 0 aliphatic carbocycles. The highest BCUT2D eigenvalue weighted by Crippen LogP contribution is 2.22. The molecule has 6 heteroatoms. The van der Waals surface area contributed by atoms with Crippen LogP contribution in [0.5, 0.6) is 0 Å². The van der Waals surface area contributed by atoms with Crippen molar-refractivity contribution in [1.82, 2.24) is 5.32 Å². The van der Waals surface area contributed by atoms with Crippen molar-refractivity contribution in [1.29, 1.82) is 0 Å². The van der Waals surface area contributed by atoms with Gasteiger partial charge in [-0.05, 0) is 45.0 Å². The van der Waals surface area contributed by atoms with Gasteiger partial charge in [-0.15, -0.1) is 0 Å². The van der Waals surface area contributed by atoms with Crippen LogP contribution in [0.2, 0.25) is 0 Å². The molecule has 0 unspecified atom stereocenters. The van der Waals surface area contributed by atoms with E-state index in [1.807, 2.05) is 0 Å². The quantitative estimate of drug-likeness (QED) is 0.643. The second-order valence-electron chi connectivity index (χ2n) is 4.77. The van der Waals surface area contributed by atoms with Gasteiger partial charge in [0, 0.05) is 23.2 Å². The van der Waals surface area contributed by atoms with Gasteiger partial charge in [-0.25, -0.2) is 0 Å². The molecular formula is C13H17N3O3. The summed E-state index contributed by atoms with van der Waals surface area (Å²) in [7, 11) is 0. The predicted molar refractivity (Wildman–Crippen MR) is 72.1 cm³/mol. The fourth-order valence-electron chi connectivity index (χ4n) is 2.27. The van der Waals surface area contributed by atoms with Gasteiger partial charge in [0.05, 0.1) is 4.92 Å². The average Bonchev–Trinajstić information content (AvgIpc) is 2.39. The fourth-order valence-corrected chi connectivity index (χ4v) is 2.27. The Labute approximate surface area is 111 Å². The van der Waals surface area contributed by atoms with E-state index in [9.17, 15) is 14.9 Å². The van der Waals surface area contributed by atoms with E-state index in [1.54, 1.807) is 19.1 Å². The van der Waals surface area contributed by atoms with E-state index in [0.29, 0.717) is 11.3 Å². The third-order valence-electron chi connectivity index (χ3n) is 3.37. The van der Waals surface area contributed by atoms with Gasteiger partial charge in [0.1, 0.15) is 0 Å². The van der Waals surface area contributed by atoms with E-state index in [2.05, 4.69) is 10.6 Å². The summed E-state index contributed by atoms with van der Waals surface area (Å²) in [6, 6.07) is 4.63. The number of hydrogen-bond acceptors (Lipinski definition) is 4. The number of piperidine rings is 1. The molecule has 19 heavy (non-hydrogen) atoms. The highest BCUT2D eigenvalue weighted by atomic mass is 16.6. The molecule has 0 aromatic heterocycles. The SMILES string of the molecule is Cc1cc(NC(=O)C2CCNCC2)ccc1[N+](=O)[O-]. The lowest BCUT2D eigenvalue weighted by Gasteiger charge is -2.21. The molecule has 2 N–H and O–H groups in total. The molecule has 0 saturated carbocycles. The van der Waals surface area contributed by atoms with Crippen LogP contribution in [0.1, 0.15) is 18.4 Å². The summed E-state index contributed by atoms with van der Waals surface area (Å²) < 4.78 is 0. The summed E-state index contributed by atoms with van der Waals surface area (Å²) in [6.45, 7) is 3.38. The number of carbonyl (C=O) groups excluding carboxylic acids is 1. The molecule has 1 heterocycles. The Morgan fingerprint density at radius 1 is 1.42 bits per heavy atom. The van der Waals surface area contributed by atoms with Crippen molar-refractivity contribution in [3.05, 3.63) is 33.9 Å². The number of rotatable bonds is 3. The molecule has 2 rings (SSSR count). The lowest BCUT2D eigenvalue weighted by Crippen LogP contribution is -2.34. The zero-order valence-electron chi connectivity index (χ0n) is 10.8. The Balaban J connectivity index is 2.04. The van der Waals surface area contributed by atoms with Gasteiger partial charge < -0.3 is 10.6 Å². The lowest BCUT2D eigenvalue weighted by atomic mass is 9.97. The van der Waals surface area contributed by atoms with Crippen molar-refractivity contribution < 1.29 is 9.72 Å². The summed E-state index contributed by atoms with van der Waals surface area (Å²) in [6.07, 6.45) is 1.66. The highest BCUT2D eigenvalue weighted by Gasteiger charge is 2.21. The molecule has 1 aromatic carbocycles. The smallest absolute Gasteiger partial charge is 0.272 e. The van der Waals surface area contributed by atoms with Crippen molar-refractivity contribution in [2.45, 2.75) is 19.8 Å². The topological polar surface area (TPSA) is 84.3 Å². The van der Waals surface area contributed by atoms with Gasteiger partial charge in [-0.2, -0.15) is 0 Å². The number of nitro groups is 1. The molecular weight excluding hydrogens is 246 g/mol. The van der Waals surface area contributed by atoms with Gasteiger partial charge in [0.25, 0.3) is 5.69 Å². The number of nitrogens with one attached hydrogen (secondary N) is 2. The maximum Gasteiger partial charge on any atom is 0.272 e. The third-order valence-corrected chi connectivity index (χ3v) is 3.37. The van der Waals surface area contributed by atoms with Crippen molar-refractivity contribution in [3.8, 4) is 0 Å². The van der Waals surface area contributed by atoms with Gasteiger partial charge >= 0.3 is 0 Å². The zero-order chi connectivity index (χ0) is 13.8. The normalized spacial score (nSPS) is 16.1. The summed E-state index contributed by atoms with van der Waals surface area (Å²) in [5, 5.41) is 16.8. The van der Waals surface area contributed by atoms with Crippen molar-refractivity contribution in [2.75, 3.05) is 18.4 Å². The van der Waals surface area contributed by atoms with Crippen LogP contribution in [0.15, 0.2) is 18.2 Å². The minimum atomic E-state index is -0.423. The number of amides is 1. The van der Waals surface area contributed by atoms with E-state index in [4.69, 9.17) is 0 Å². The van der Waals surface area contributed by atoms with E-state index in [-0.39, 0.29) is 17.5 Å². The van der Waals surface area contributed by atoms with Crippen LogP contribution in [0.4, 0.5) is 11.4 Å². The van der Waals surface area contributed by atoms with Crippen LogP contribution in [0.25, 0.3) is 0 Å².